The first-order chi connectivity index (χ1) is 9.28. The van der Waals surface area contributed by atoms with Gasteiger partial charge in [-0.1, -0.05) is 11.3 Å². The van der Waals surface area contributed by atoms with E-state index in [-0.39, 0.29) is 0 Å². The number of methoxy groups -OCH3 is 1. The van der Waals surface area contributed by atoms with Crippen molar-refractivity contribution < 1.29 is 4.74 Å². The largest absolute Gasteiger partial charge is 0.497 e. The summed E-state index contributed by atoms with van der Waals surface area (Å²) in [5, 5.41) is 3.37. The van der Waals surface area contributed by atoms with Gasteiger partial charge in [0, 0.05) is 11.6 Å². The van der Waals surface area contributed by atoms with Crippen molar-refractivity contribution >= 4 is 27.8 Å². The Morgan fingerprint density at radius 1 is 1.21 bits per heavy atom. The fraction of sp³-hybridized carbons (Fsp3) is 0.0769. The van der Waals surface area contributed by atoms with Crippen molar-refractivity contribution in [2.75, 3.05) is 12.8 Å². The van der Waals surface area contributed by atoms with Crippen LogP contribution in [0.15, 0.2) is 35.8 Å². The molecule has 0 bridgehead atoms. The van der Waals surface area contributed by atoms with Gasteiger partial charge in [-0.15, -0.1) is 11.3 Å². The summed E-state index contributed by atoms with van der Waals surface area (Å²) in [6.45, 7) is 0. The second-order valence-electron chi connectivity index (χ2n) is 3.80. The van der Waals surface area contributed by atoms with E-state index in [4.69, 9.17) is 10.5 Å². The van der Waals surface area contributed by atoms with Gasteiger partial charge in [0.25, 0.3) is 0 Å². The molecule has 19 heavy (non-hydrogen) atoms. The third-order valence-corrected chi connectivity index (χ3v) is 4.34. The third kappa shape index (κ3) is 2.32. The number of ether oxygens (including phenoxy) is 1. The van der Waals surface area contributed by atoms with E-state index in [9.17, 15) is 0 Å². The molecular formula is C13H11N3OS2. The Morgan fingerprint density at radius 3 is 2.63 bits per heavy atom. The highest BCUT2D eigenvalue weighted by Gasteiger charge is 2.15. The number of thiazole rings is 2. The van der Waals surface area contributed by atoms with Gasteiger partial charge in [-0.3, -0.25) is 0 Å². The number of anilines is 1. The summed E-state index contributed by atoms with van der Waals surface area (Å²) in [5.74, 6) is 0.831. The molecule has 0 aliphatic rings. The molecule has 0 aliphatic heterocycles. The molecule has 2 N–H and O–H groups in total. The number of hydrogen-bond donors (Lipinski definition) is 1. The van der Waals surface area contributed by atoms with Crippen molar-refractivity contribution in [3.63, 3.8) is 0 Å². The molecule has 0 spiro atoms. The third-order valence-electron chi connectivity index (χ3n) is 2.63. The van der Waals surface area contributed by atoms with E-state index in [0.717, 1.165) is 26.9 Å². The standard InChI is InChI=1S/C13H11N3OS2/c1-17-9-4-2-8(3-5-9)11-10(16-13(14)19-11)12-15-6-7-18-12/h2-7H,1H3,(H2,14,16). The van der Waals surface area contributed by atoms with Gasteiger partial charge in [0.1, 0.15) is 16.5 Å². The van der Waals surface area contributed by atoms with Gasteiger partial charge in [0.15, 0.2) is 5.13 Å². The number of benzene rings is 1. The van der Waals surface area contributed by atoms with Gasteiger partial charge in [0.2, 0.25) is 0 Å². The van der Waals surface area contributed by atoms with Gasteiger partial charge in [-0.2, -0.15) is 0 Å². The van der Waals surface area contributed by atoms with Crippen molar-refractivity contribution in [2.24, 2.45) is 0 Å². The number of nitrogen functional groups attached to an aromatic ring is 1. The molecule has 0 atom stereocenters. The Labute approximate surface area is 118 Å². The number of rotatable bonds is 3. The summed E-state index contributed by atoms with van der Waals surface area (Å²) in [6, 6.07) is 7.86. The minimum Gasteiger partial charge on any atom is -0.497 e. The van der Waals surface area contributed by atoms with E-state index in [1.54, 1.807) is 24.6 Å². The first-order valence-electron chi connectivity index (χ1n) is 5.58. The summed E-state index contributed by atoms with van der Waals surface area (Å²) in [5.41, 5.74) is 7.76. The molecule has 1 aromatic carbocycles. The van der Waals surface area contributed by atoms with Crippen LogP contribution in [0.25, 0.3) is 21.1 Å². The lowest BCUT2D eigenvalue weighted by atomic mass is 10.1. The number of nitrogens with zero attached hydrogens (tertiary/aromatic N) is 2. The van der Waals surface area contributed by atoms with E-state index < -0.39 is 0 Å². The zero-order valence-corrected chi connectivity index (χ0v) is 11.8. The van der Waals surface area contributed by atoms with Gasteiger partial charge < -0.3 is 10.5 Å². The summed E-state index contributed by atoms with van der Waals surface area (Å²) in [4.78, 5) is 9.72. The lowest BCUT2D eigenvalue weighted by Crippen LogP contribution is -1.84. The number of aromatic nitrogens is 2. The highest BCUT2D eigenvalue weighted by atomic mass is 32.1. The highest BCUT2D eigenvalue weighted by molar-refractivity contribution is 7.20. The average Bonchev–Trinajstić information content (AvgIpc) is 3.07. The quantitative estimate of drug-likeness (QED) is 0.801. The van der Waals surface area contributed by atoms with Crippen LogP contribution in [0.4, 0.5) is 5.13 Å². The summed E-state index contributed by atoms with van der Waals surface area (Å²) in [6.07, 6.45) is 1.77. The van der Waals surface area contributed by atoms with Crippen LogP contribution in [0, 0.1) is 0 Å². The summed E-state index contributed by atoms with van der Waals surface area (Å²) in [7, 11) is 1.65. The molecule has 0 saturated heterocycles. The lowest BCUT2D eigenvalue weighted by Gasteiger charge is -2.02. The Bertz CT molecular complexity index is 674. The van der Waals surface area contributed by atoms with Gasteiger partial charge in [0.05, 0.1) is 12.0 Å². The Morgan fingerprint density at radius 2 is 2.00 bits per heavy atom. The first kappa shape index (κ1) is 12.1. The van der Waals surface area contributed by atoms with E-state index in [2.05, 4.69) is 9.97 Å². The second-order valence-corrected chi connectivity index (χ2v) is 5.72. The van der Waals surface area contributed by atoms with Crippen LogP contribution >= 0.6 is 22.7 Å². The fourth-order valence-corrected chi connectivity index (χ4v) is 3.30. The average molecular weight is 289 g/mol. The van der Waals surface area contributed by atoms with Gasteiger partial charge in [-0.05, 0) is 29.8 Å². The van der Waals surface area contributed by atoms with Crippen LogP contribution in [0.5, 0.6) is 5.75 Å². The van der Waals surface area contributed by atoms with Crippen molar-refractivity contribution in [3.8, 4) is 26.9 Å². The molecule has 2 aromatic heterocycles. The lowest BCUT2D eigenvalue weighted by molar-refractivity contribution is 0.415. The van der Waals surface area contributed by atoms with Crippen LogP contribution in [-0.2, 0) is 0 Å². The molecule has 0 unspecified atom stereocenters. The SMILES string of the molecule is COc1ccc(-c2sc(N)nc2-c2nccs2)cc1. The molecule has 0 radical (unpaired) electrons. The predicted molar refractivity (Wildman–Crippen MR) is 79.6 cm³/mol. The molecule has 0 fully saturated rings. The molecule has 96 valence electrons. The minimum absolute atomic E-state index is 0.552. The predicted octanol–water partition coefficient (Wildman–Crippen LogP) is 3.52. The molecule has 0 aliphatic carbocycles. The maximum atomic E-state index is 5.84. The van der Waals surface area contributed by atoms with Gasteiger partial charge in [-0.25, -0.2) is 9.97 Å². The maximum absolute atomic E-state index is 5.84. The van der Waals surface area contributed by atoms with E-state index in [1.807, 2.05) is 29.6 Å². The van der Waals surface area contributed by atoms with Crippen LogP contribution in [0.1, 0.15) is 0 Å². The van der Waals surface area contributed by atoms with E-state index in [0.29, 0.717) is 5.13 Å². The molecule has 2 heterocycles. The van der Waals surface area contributed by atoms with Crippen LogP contribution in [0.3, 0.4) is 0 Å². The van der Waals surface area contributed by atoms with Crippen molar-refractivity contribution in [1.29, 1.82) is 0 Å². The number of nitrogens with two attached hydrogens (primary N) is 1. The number of hydrogen-bond acceptors (Lipinski definition) is 6. The van der Waals surface area contributed by atoms with E-state index >= 15 is 0 Å². The maximum Gasteiger partial charge on any atom is 0.181 e. The highest BCUT2D eigenvalue weighted by Crippen LogP contribution is 2.38. The summed E-state index contributed by atoms with van der Waals surface area (Å²) < 4.78 is 5.17. The summed E-state index contributed by atoms with van der Waals surface area (Å²) >= 11 is 3.03. The van der Waals surface area contributed by atoms with E-state index in [1.165, 1.54) is 11.3 Å². The molecular weight excluding hydrogens is 278 g/mol. The Hall–Kier alpha value is -1.92. The first-order valence-corrected chi connectivity index (χ1v) is 7.28. The molecule has 4 nitrogen and oxygen atoms in total. The van der Waals surface area contributed by atoms with Crippen molar-refractivity contribution in [1.82, 2.24) is 9.97 Å². The van der Waals surface area contributed by atoms with Crippen molar-refractivity contribution in [3.05, 3.63) is 35.8 Å². The van der Waals surface area contributed by atoms with Crippen LogP contribution in [-0.4, -0.2) is 17.1 Å². The Kier molecular flexibility index (Phi) is 3.18. The molecule has 3 rings (SSSR count). The molecule has 0 saturated carbocycles. The fourth-order valence-electron chi connectivity index (χ4n) is 1.76. The van der Waals surface area contributed by atoms with Crippen LogP contribution in [0.2, 0.25) is 0 Å². The smallest absolute Gasteiger partial charge is 0.181 e. The topological polar surface area (TPSA) is 61.0 Å². The van der Waals surface area contributed by atoms with Crippen LogP contribution < -0.4 is 10.5 Å². The molecule has 3 aromatic rings. The minimum atomic E-state index is 0.552. The molecule has 6 heteroatoms. The van der Waals surface area contributed by atoms with Crippen molar-refractivity contribution in [2.45, 2.75) is 0 Å². The zero-order chi connectivity index (χ0) is 13.2. The van der Waals surface area contributed by atoms with Gasteiger partial charge >= 0.3 is 0 Å². The second kappa shape index (κ2) is 4.99. The monoisotopic (exact) mass is 289 g/mol. The molecule has 0 amide bonds. The zero-order valence-electron chi connectivity index (χ0n) is 10.2. The normalized spacial score (nSPS) is 10.6. The Balaban J connectivity index is 2.09.